The number of hydrogen-bond donors (Lipinski definition) is 1. The molecule has 0 unspecified atom stereocenters. The van der Waals surface area contributed by atoms with E-state index in [0.29, 0.717) is 6.42 Å². The van der Waals surface area contributed by atoms with Crippen molar-refractivity contribution in [1.82, 2.24) is 0 Å². The molecule has 0 fully saturated rings. The van der Waals surface area contributed by atoms with E-state index in [1.54, 1.807) is 0 Å². The van der Waals surface area contributed by atoms with Gasteiger partial charge in [0.05, 0.1) is 0 Å². The lowest BCUT2D eigenvalue weighted by Gasteiger charge is -2.02. The van der Waals surface area contributed by atoms with Crippen molar-refractivity contribution in [3.63, 3.8) is 0 Å². The Hall–Kier alpha value is -2.95. The summed E-state index contributed by atoms with van der Waals surface area (Å²) in [5.41, 5.74) is 2.00. The highest BCUT2D eigenvalue weighted by Crippen LogP contribution is 2.02. The van der Waals surface area contributed by atoms with Crippen molar-refractivity contribution in [3.05, 3.63) is 71.8 Å². The molecule has 0 atom stereocenters. The second-order valence-corrected chi connectivity index (χ2v) is 5.40. The third kappa shape index (κ3) is 10.4. The lowest BCUT2D eigenvalue weighted by Crippen LogP contribution is -2.08. The van der Waals surface area contributed by atoms with Crippen LogP contribution >= 0.6 is 0 Å². The zero-order valence-electron chi connectivity index (χ0n) is 14.2. The van der Waals surface area contributed by atoms with Crippen LogP contribution in [-0.4, -0.2) is 22.8 Å². The Labute approximate surface area is 147 Å². The maximum absolute atomic E-state index is 11.0. The molecule has 0 heterocycles. The van der Waals surface area contributed by atoms with Crippen LogP contribution in [0.2, 0.25) is 0 Å². The molecule has 0 saturated carbocycles. The molecule has 5 nitrogen and oxygen atoms in total. The number of rotatable bonds is 7. The molecule has 0 aliphatic heterocycles. The number of Topliss-reactive ketones (excluding diaryl/α,β-unsaturated/α-hetero) is 1. The fraction of sp³-hybridized carbons (Fsp3) is 0.250. The van der Waals surface area contributed by atoms with Crippen LogP contribution in [0.4, 0.5) is 0 Å². The monoisotopic (exact) mass is 342 g/mol. The van der Waals surface area contributed by atoms with Crippen LogP contribution in [0, 0.1) is 0 Å². The number of ketones is 1. The highest BCUT2D eigenvalue weighted by atomic mass is 16.5. The molecule has 0 aliphatic carbocycles. The molecule has 2 rings (SSSR count). The SMILES string of the molecule is CC(=O)CC(=O)OCc1ccccc1.O=C(O)CCc1ccccc1. The van der Waals surface area contributed by atoms with E-state index < -0.39 is 11.9 Å². The van der Waals surface area contributed by atoms with E-state index in [2.05, 4.69) is 0 Å². The first-order chi connectivity index (χ1) is 12.0. The Balaban J connectivity index is 0.000000257. The summed E-state index contributed by atoms with van der Waals surface area (Å²) in [7, 11) is 0. The molecule has 2 aromatic rings. The van der Waals surface area contributed by atoms with Gasteiger partial charge >= 0.3 is 11.9 Å². The molecule has 132 valence electrons. The van der Waals surface area contributed by atoms with Crippen LogP contribution in [0.1, 0.15) is 30.9 Å². The molecule has 0 saturated heterocycles. The van der Waals surface area contributed by atoms with Crippen LogP contribution in [-0.2, 0) is 32.1 Å². The number of ether oxygens (including phenoxy) is 1. The highest BCUT2D eigenvalue weighted by Gasteiger charge is 2.05. The number of benzene rings is 2. The van der Waals surface area contributed by atoms with Crippen LogP contribution < -0.4 is 0 Å². The first-order valence-corrected chi connectivity index (χ1v) is 7.92. The summed E-state index contributed by atoms with van der Waals surface area (Å²) in [5, 5.41) is 8.37. The van der Waals surface area contributed by atoms with Crippen molar-refractivity contribution in [2.24, 2.45) is 0 Å². The van der Waals surface area contributed by atoms with Crippen LogP contribution in [0.5, 0.6) is 0 Å². The Morgan fingerprint density at radius 1 is 0.880 bits per heavy atom. The van der Waals surface area contributed by atoms with Crippen molar-refractivity contribution < 1.29 is 24.2 Å². The summed E-state index contributed by atoms with van der Waals surface area (Å²) < 4.78 is 4.88. The van der Waals surface area contributed by atoms with Gasteiger partial charge in [0, 0.05) is 6.42 Å². The molecule has 5 heteroatoms. The van der Waals surface area contributed by atoms with E-state index >= 15 is 0 Å². The van der Waals surface area contributed by atoms with Crippen LogP contribution in [0.3, 0.4) is 0 Å². The maximum atomic E-state index is 11.0. The number of carbonyl (C=O) groups is 3. The summed E-state index contributed by atoms with van der Waals surface area (Å²) in [6.07, 6.45) is 0.688. The largest absolute Gasteiger partial charge is 0.481 e. The number of carbonyl (C=O) groups excluding carboxylic acids is 2. The molecule has 0 spiro atoms. The van der Waals surface area contributed by atoms with Gasteiger partial charge in [-0.2, -0.15) is 0 Å². The number of carboxylic acids is 1. The van der Waals surface area contributed by atoms with E-state index in [4.69, 9.17) is 9.84 Å². The molecule has 0 aliphatic rings. The second kappa shape index (κ2) is 11.6. The fourth-order valence-electron chi connectivity index (χ4n) is 1.89. The average Bonchev–Trinajstić information content (AvgIpc) is 2.60. The average molecular weight is 342 g/mol. The molecule has 2 aromatic carbocycles. The zero-order chi connectivity index (χ0) is 18.5. The number of hydrogen-bond acceptors (Lipinski definition) is 4. The van der Waals surface area contributed by atoms with Gasteiger partial charge in [0.1, 0.15) is 18.8 Å². The predicted molar refractivity (Wildman–Crippen MR) is 93.9 cm³/mol. The maximum Gasteiger partial charge on any atom is 0.313 e. The molecule has 0 radical (unpaired) electrons. The molecule has 1 N–H and O–H groups in total. The van der Waals surface area contributed by atoms with Gasteiger partial charge in [-0.25, -0.2) is 0 Å². The second-order valence-electron chi connectivity index (χ2n) is 5.40. The minimum atomic E-state index is -0.742. The molecule has 25 heavy (non-hydrogen) atoms. The van der Waals surface area contributed by atoms with Gasteiger partial charge in [-0.1, -0.05) is 60.7 Å². The summed E-state index contributed by atoms with van der Waals surface area (Å²) in [6.45, 7) is 1.59. The molecule has 0 bridgehead atoms. The number of aliphatic carboxylic acids is 1. The summed E-state index contributed by atoms with van der Waals surface area (Å²) >= 11 is 0. The van der Waals surface area contributed by atoms with Gasteiger partial charge in [-0.05, 0) is 24.5 Å². The van der Waals surface area contributed by atoms with E-state index in [1.807, 2.05) is 60.7 Å². The smallest absolute Gasteiger partial charge is 0.313 e. The Morgan fingerprint density at radius 2 is 1.40 bits per heavy atom. The fourth-order valence-corrected chi connectivity index (χ4v) is 1.89. The van der Waals surface area contributed by atoms with Gasteiger partial charge in [0.15, 0.2) is 0 Å². The third-order valence-electron chi connectivity index (χ3n) is 3.11. The summed E-state index contributed by atoms with van der Waals surface area (Å²) in [5.74, 6) is -1.39. The van der Waals surface area contributed by atoms with Crippen molar-refractivity contribution >= 4 is 17.7 Å². The van der Waals surface area contributed by atoms with Gasteiger partial charge in [-0.3, -0.25) is 14.4 Å². The van der Waals surface area contributed by atoms with E-state index in [-0.39, 0.29) is 25.2 Å². The van der Waals surface area contributed by atoms with E-state index in [9.17, 15) is 14.4 Å². The van der Waals surface area contributed by atoms with Gasteiger partial charge in [-0.15, -0.1) is 0 Å². The van der Waals surface area contributed by atoms with Gasteiger partial charge in [0.25, 0.3) is 0 Å². The lowest BCUT2D eigenvalue weighted by molar-refractivity contribution is -0.147. The summed E-state index contributed by atoms with van der Waals surface area (Å²) in [6, 6.07) is 19.0. The van der Waals surface area contributed by atoms with Gasteiger partial charge in [0.2, 0.25) is 0 Å². The van der Waals surface area contributed by atoms with Crippen molar-refractivity contribution in [2.45, 2.75) is 32.8 Å². The number of carboxylic acid groups (broad SMARTS) is 1. The molecular weight excluding hydrogens is 320 g/mol. The predicted octanol–water partition coefficient (Wildman–Crippen LogP) is 3.41. The van der Waals surface area contributed by atoms with E-state index in [1.165, 1.54) is 6.92 Å². The Morgan fingerprint density at radius 3 is 1.88 bits per heavy atom. The topological polar surface area (TPSA) is 80.7 Å². The van der Waals surface area contributed by atoms with Crippen molar-refractivity contribution in [2.75, 3.05) is 0 Å². The first kappa shape index (κ1) is 20.1. The summed E-state index contributed by atoms with van der Waals surface area (Å²) in [4.78, 5) is 31.7. The molecule has 0 aromatic heterocycles. The minimum Gasteiger partial charge on any atom is -0.481 e. The molecule has 0 amide bonds. The number of esters is 1. The van der Waals surface area contributed by atoms with Crippen molar-refractivity contribution in [3.8, 4) is 0 Å². The highest BCUT2D eigenvalue weighted by molar-refractivity contribution is 5.94. The Bertz CT molecular complexity index is 665. The van der Waals surface area contributed by atoms with Crippen LogP contribution in [0.15, 0.2) is 60.7 Å². The Kier molecular flexibility index (Phi) is 9.30. The first-order valence-electron chi connectivity index (χ1n) is 7.92. The lowest BCUT2D eigenvalue weighted by atomic mass is 10.1. The minimum absolute atomic E-state index is 0.146. The van der Waals surface area contributed by atoms with Crippen LogP contribution in [0.25, 0.3) is 0 Å². The molecular formula is C20H22O5. The van der Waals surface area contributed by atoms with E-state index in [0.717, 1.165) is 11.1 Å². The zero-order valence-corrected chi connectivity index (χ0v) is 14.2. The quantitative estimate of drug-likeness (QED) is 0.616. The van der Waals surface area contributed by atoms with Gasteiger partial charge < -0.3 is 9.84 Å². The third-order valence-corrected chi connectivity index (χ3v) is 3.11. The number of aryl methyl sites for hydroxylation is 1. The normalized spacial score (nSPS) is 9.48. The standard InChI is InChI=1S/C11H12O3.C9H10O2/c1-9(12)7-11(13)14-8-10-5-3-2-4-6-10;10-9(11)7-6-8-4-2-1-3-5-8/h2-6H,7-8H2,1H3;1-5H,6-7H2,(H,10,11). The van der Waals surface area contributed by atoms with Crippen molar-refractivity contribution in [1.29, 1.82) is 0 Å².